The summed E-state index contributed by atoms with van der Waals surface area (Å²) >= 11 is 0. The second-order valence-electron chi connectivity index (χ2n) is 8.34. The number of piperidine rings is 1. The molecule has 6 nitrogen and oxygen atoms in total. The Morgan fingerprint density at radius 3 is 2.82 bits per heavy atom. The molecule has 0 atom stereocenters. The average molecular weight is 450 g/mol. The molecule has 1 aliphatic heterocycles. The van der Waals surface area contributed by atoms with Crippen LogP contribution in [0.1, 0.15) is 30.9 Å². The van der Waals surface area contributed by atoms with Gasteiger partial charge in [-0.05, 0) is 86.4 Å². The predicted molar refractivity (Wildman–Crippen MR) is 135 cm³/mol. The Bertz CT molecular complexity index is 1340. The fourth-order valence-corrected chi connectivity index (χ4v) is 4.09. The molecule has 1 aliphatic rings. The second kappa shape index (κ2) is 10.3. The molecule has 0 unspecified atom stereocenters. The lowest BCUT2D eigenvalue weighted by atomic mass is 9.98. The molecule has 6 heteroatoms. The largest absolute Gasteiger partial charge is 0.455 e. The van der Waals surface area contributed by atoms with Crippen molar-refractivity contribution in [3.8, 4) is 23.3 Å². The van der Waals surface area contributed by atoms with Crippen molar-refractivity contribution >= 4 is 22.4 Å². The van der Waals surface area contributed by atoms with Gasteiger partial charge in [0.25, 0.3) is 0 Å². The maximum atomic E-state index is 6.03. The first-order valence-electron chi connectivity index (χ1n) is 11.7. The van der Waals surface area contributed by atoms with E-state index in [9.17, 15) is 0 Å². The van der Waals surface area contributed by atoms with Crippen LogP contribution in [0.2, 0.25) is 0 Å². The SMILES string of the molecule is CCc1cc(Nc2ncnc3ccc(C#CC4CCNCC4)cc23)ccc1Oc1cccnc1. The van der Waals surface area contributed by atoms with Gasteiger partial charge in [-0.15, -0.1) is 0 Å². The van der Waals surface area contributed by atoms with E-state index in [0.717, 1.165) is 77.4 Å². The van der Waals surface area contributed by atoms with Crippen molar-refractivity contribution in [2.24, 2.45) is 5.92 Å². The summed E-state index contributed by atoms with van der Waals surface area (Å²) in [5.74, 6) is 9.57. The monoisotopic (exact) mass is 449 g/mol. The van der Waals surface area contributed by atoms with E-state index in [0.29, 0.717) is 5.92 Å². The maximum absolute atomic E-state index is 6.03. The van der Waals surface area contributed by atoms with Crippen LogP contribution in [0.3, 0.4) is 0 Å². The molecule has 2 aromatic carbocycles. The molecular weight excluding hydrogens is 422 g/mol. The summed E-state index contributed by atoms with van der Waals surface area (Å²) in [7, 11) is 0. The van der Waals surface area contributed by atoms with Crippen LogP contribution in [0.15, 0.2) is 67.3 Å². The summed E-state index contributed by atoms with van der Waals surface area (Å²) in [5, 5.41) is 7.81. The smallest absolute Gasteiger partial charge is 0.145 e. The van der Waals surface area contributed by atoms with Crippen LogP contribution >= 0.6 is 0 Å². The fraction of sp³-hybridized carbons (Fsp3) is 0.250. The Kier molecular flexibility index (Phi) is 6.64. The van der Waals surface area contributed by atoms with Crippen LogP contribution < -0.4 is 15.4 Å². The van der Waals surface area contributed by atoms with Gasteiger partial charge in [0.2, 0.25) is 0 Å². The molecule has 0 radical (unpaired) electrons. The number of hydrogen-bond acceptors (Lipinski definition) is 6. The summed E-state index contributed by atoms with van der Waals surface area (Å²) in [5.41, 5.74) is 3.91. The van der Waals surface area contributed by atoms with Crippen LogP contribution in [-0.4, -0.2) is 28.0 Å². The standard InChI is InChI=1S/C28H27N5O/c1-2-22-17-23(8-10-27(22)34-24-4-3-13-30-18-24)33-28-25-16-21(7-9-26(25)31-19-32-28)6-5-20-11-14-29-15-12-20/h3-4,7-10,13,16-20,29H,2,11-12,14-15H2,1H3,(H,31,32,33). The molecular formula is C28H27N5O. The Morgan fingerprint density at radius 2 is 2.00 bits per heavy atom. The average Bonchev–Trinajstić information content (AvgIpc) is 2.90. The number of hydrogen-bond donors (Lipinski definition) is 2. The number of pyridine rings is 1. The van der Waals surface area contributed by atoms with Gasteiger partial charge in [-0.25, -0.2) is 9.97 Å². The van der Waals surface area contributed by atoms with Gasteiger partial charge in [0.1, 0.15) is 23.6 Å². The van der Waals surface area contributed by atoms with Crippen molar-refractivity contribution in [1.29, 1.82) is 0 Å². The first kappa shape index (κ1) is 21.9. The van der Waals surface area contributed by atoms with Gasteiger partial charge in [0.05, 0.1) is 11.7 Å². The predicted octanol–water partition coefficient (Wildman–Crippen LogP) is 5.47. The molecule has 0 saturated carbocycles. The van der Waals surface area contributed by atoms with E-state index in [1.54, 1.807) is 18.7 Å². The topological polar surface area (TPSA) is 72.0 Å². The molecule has 2 aromatic heterocycles. The van der Waals surface area contributed by atoms with Crippen molar-refractivity contribution in [3.05, 3.63) is 78.4 Å². The Labute approximate surface area is 199 Å². The zero-order chi connectivity index (χ0) is 23.2. The van der Waals surface area contributed by atoms with E-state index in [1.807, 2.05) is 36.4 Å². The lowest BCUT2D eigenvalue weighted by Crippen LogP contribution is -2.26. The first-order valence-corrected chi connectivity index (χ1v) is 11.7. The molecule has 5 rings (SSSR count). The van der Waals surface area contributed by atoms with Gasteiger partial charge >= 0.3 is 0 Å². The molecule has 34 heavy (non-hydrogen) atoms. The highest BCUT2D eigenvalue weighted by Gasteiger charge is 2.11. The third-order valence-electron chi connectivity index (χ3n) is 5.96. The van der Waals surface area contributed by atoms with Crippen LogP contribution in [0.25, 0.3) is 10.9 Å². The lowest BCUT2D eigenvalue weighted by molar-refractivity contribution is 0.447. The van der Waals surface area contributed by atoms with E-state index in [2.05, 4.69) is 56.5 Å². The number of nitrogens with zero attached hydrogens (tertiary/aromatic N) is 3. The normalized spacial score (nSPS) is 13.8. The number of aryl methyl sites for hydroxylation is 1. The van der Waals surface area contributed by atoms with Gasteiger partial charge in [-0.2, -0.15) is 0 Å². The van der Waals surface area contributed by atoms with E-state index >= 15 is 0 Å². The second-order valence-corrected chi connectivity index (χ2v) is 8.34. The van der Waals surface area contributed by atoms with Crippen molar-refractivity contribution in [2.45, 2.75) is 26.2 Å². The first-order chi connectivity index (χ1) is 16.8. The summed E-state index contributed by atoms with van der Waals surface area (Å²) in [4.78, 5) is 13.1. The molecule has 0 spiro atoms. The highest BCUT2D eigenvalue weighted by atomic mass is 16.5. The summed E-state index contributed by atoms with van der Waals surface area (Å²) in [6.45, 7) is 4.21. The molecule has 1 saturated heterocycles. The fourth-order valence-electron chi connectivity index (χ4n) is 4.09. The van der Waals surface area contributed by atoms with Gasteiger partial charge < -0.3 is 15.4 Å². The van der Waals surface area contributed by atoms with Crippen LogP contribution in [0.5, 0.6) is 11.5 Å². The minimum absolute atomic E-state index is 0.460. The van der Waals surface area contributed by atoms with Gasteiger partial charge in [-0.3, -0.25) is 4.98 Å². The lowest BCUT2D eigenvalue weighted by Gasteiger charge is -2.17. The molecule has 0 amide bonds. The Balaban J connectivity index is 1.40. The van der Waals surface area contributed by atoms with E-state index < -0.39 is 0 Å². The zero-order valence-electron chi connectivity index (χ0n) is 19.2. The number of anilines is 2. The van der Waals surface area contributed by atoms with Crippen molar-refractivity contribution in [3.63, 3.8) is 0 Å². The molecule has 0 aliphatic carbocycles. The number of ether oxygens (including phenoxy) is 1. The summed E-state index contributed by atoms with van der Waals surface area (Å²) < 4.78 is 6.03. The Hall–Kier alpha value is -3.95. The number of nitrogens with one attached hydrogen (secondary N) is 2. The van der Waals surface area contributed by atoms with Crippen LogP contribution in [-0.2, 0) is 6.42 Å². The highest BCUT2D eigenvalue weighted by Crippen LogP contribution is 2.30. The van der Waals surface area contributed by atoms with E-state index in [1.165, 1.54) is 0 Å². The number of benzene rings is 2. The Morgan fingerprint density at radius 1 is 1.09 bits per heavy atom. The number of aromatic nitrogens is 3. The van der Waals surface area contributed by atoms with Gasteiger partial charge in [0.15, 0.2) is 0 Å². The third-order valence-corrected chi connectivity index (χ3v) is 5.96. The van der Waals surface area contributed by atoms with Crippen molar-refractivity contribution in [2.75, 3.05) is 18.4 Å². The molecule has 170 valence electrons. The van der Waals surface area contributed by atoms with Gasteiger partial charge in [0, 0.05) is 28.8 Å². The summed E-state index contributed by atoms with van der Waals surface area (Å²) in [6.07, 6.45) is 8.09. The molecule has 2 N–H and O–H groups in total. The van der Waals surface area contributed by atoms with Crippen LogP contribution in [0, 0.1) is 17.8 Å². The quantitative estimate of drug-likeness (QED) is 0.394. The van der Waals surface area contributed by atoms with E-state index in [4.69, 9.17) is 4.74 Å². The molecule has 0 bridgehead atoms. The van der Waals surface area contributed by atoms with E-state index in [-0.39, 0.29) is 0 Å². The van der Waals surface area contributed by atoms with Crippen molar-refractivity contribution < 1.29 is 4.74 Å². The number of rotatable bonds is 5. The minimum Gasteiger partial charge on any atom is -0.455 e. The minimum atomic E-state index is 0.460. The molecule has 4 aromatic rings. The highest BCUT2D eigenvalue weighted by molar-refractivity contribution is 5.91. The molecule has 3 heterocycles. The van der Waals surface area contributed by atoms with Crippen LogP contribution in [0.4, 0.5) is 11.5 Å². The van der Waals surface area contributed by atoms with Gasteiger partial charge in [-0.1, -0.05) is 18.8 Å². The van der Waals surface area contributed by atoms with Crippen molar-refractivity contribution in [1.82, 2.24) is 20.3 Å². The number of fused-ring (bicyclic) bond motifs is 1. The third kappa shape index (κ3) is 5.16. The maximum Gasteiger partial charge on any atom is 0.145 e. The zero-order valence-corrected chi connectivity index (χ0v) is 19.2. The molecule has 1 fully saturated rings. The summed E-state index contributed by atoms with van der Waals surface area (Å²) in [6, 6.07) is 16.0.